The number of fused-ring (bicyclic) bond motifs is 1. The number of aromatic nitrogens is 4. The molecule has 0 unspecified atom stereocenters. The monoisotopic (exact) mass is 431 g/mol. The van der Waals surface area contributed by atoms with E-state index in [0.717, 1.165) is 0 Å². The van der Waals surface area contributed by atoms with Crippen LogP contribution in [0.2, 0.25) is 0 Å². The van der Waals surface area contributed by atoms with E-state index in [-0.39, 0.29) is 22.3 Å². The lowest BCUT2D eigenvalue weighted by atomic mass is 10.1. The topological polar surface area (TPSA) is 136 Å². The van der Waals surface area contributed by atoms with Crippen molar-refractivity contribution in [2.24, 2.45) is 5.73 Å². The molecule has 0 spiro atoms. The van der Waals surface area contributed by atoms with E-state index in [1.807, 2.05) is 24.0 Å². The van der Waals surface area contributed by atoms with Gasteiger partial charge in [0, 0.05) is 20.1 Å². The van der Waals surface area contributed by atoms with Crippen LogP contribution in [0.3, 0.4) is 0 Å². The summed E-state index contributed by atoms with van der Waals surface area (Å²) in [6, 6.07) is 7.48. The Morgan fingerprint density at radius 1 is 1.23 bits per heavy atom. The Hall–Kier alpha value is -3.25. The molecule has 1 aliphatic rings. The number of rotatable bonds is 6. The van der Waals surface area contributed by atoms with Crippen molar-refractivity contribution >= 4 is 27.4 Å². The fraction of sp³-hybridized carbons (Fsp3) is 0.333. The van der Waals surface area contributed by atoms with Crippen molar-refractivity contribution in [3.63, 3.8) is 0 Å². The first kappa shape index (κ1) is 20.0. The molecule has 1 saturated heterocycles. The van der Waals surface area contributed by atoms with Gasteiger partial charge in [-0.25, -0.2) is 8.42 Å². The summed E-state index contributed by atoms with van der Waals surface area (Å²) in [5.41, 5.74) is 6.02. The van der Waals surface area contributed by atoms with Crippen LogP contribution < -0.4 is 15.4 Å². The first-order valence-corrected chi connectivity index (χ1v) is 10.6. The van der Waals surface area contributed by atoms with Crippen LogP contribution >= 0.6 is 0 Å². The van der Waals surface area contributed by atoms with Crippen LogP contribution in [-0.4, -0.2) is 71.7 Å². The molecule has 0 radical (unpaired) electrons. The van der Waals surface area contributed by atoms with Crippen molar-refractivity contribution in [1.82, 2.24) is 24.1 Å². The fourth-order valence-electron chi connectivity index (χ4n) is 3.33. The molecule has 3 aromatic rings. The molecular weight excluding hydrogens is 410 g/mol. The Bertz CT molecular complexity index is 1230. The van der Waals surface area contributed by atoms with Crippen LogP contribution in [0.4, 0.5) is 5.82 Å². The van der Waals surface area contributed by atoms with E-state index in [1.165, 1.54) is 36.7 Å². The van der Waals surface area contributed by atoms with Gasteiger partial charge in [-0.1, -0.05) is 0 Å². The number of ether oxygens (including phenoxy) is 1. The van der Waals surface area contributed by atoms with E-state index >= 15 is 0 Å². The molecule has 0 bridgehead atoms. The predicted molar refractivity (Wildman–Crippen MR) is 108 cm³/mol. The number of sulfonamides is 1. The van der Waals surface area contributed by atoms with Gasteiger partial charge in [0.1, 0.15) is 11.6 Å². The van der Waals surface area contributed by atoms with E-state index in [4.69, 9.17) is 10.5 Å². The van der Waals surface area contributed by atoms with Crippen LogP contribution in [0, 0.1) is 6.92 Å². The number of nitrogens with two attached hydrogens (primary N) is 1. The Morgan fingerprint density at radius 2 is 1.97 bits per heavy atom. The maximum atomic E-state index is 13.0. The summed E-state index contributed by atoms with van der Waals surface area (Å²) in [6.07, 6.45) is 0. The van der Waals surface area contributed by atoms with Crippen LogP contribution in [0.25, 0.3) is 5.65 Å². The molecule has 2 N–H and O–H groups in total. The van der Waals surface area contributed by atoms with Gasteiger partial charge in [0.15, 0.2) is 11.5 Å². The summed E-state index contributed by atoms with van der Waals surface area (Å²) in [4.78, 5) is 13.6. The summed E-state index contributed by atoms with van der Waals surface area (Å²) < 4.78 is 34.1. The Balaban J connectivity index is 1.52. The second kappa shape index (κ2) is 7.22. The molecule has 0 saturated carbocycles. The zero-order valence-electron chi connectivity index (χ0n) is 16.7. The first-order chi connectivity index (χ1) is 14.2. The number of methoxy groups -OCH3 is 1. The van der Waals surface area contributed by atoms with E-state index in [9.17, 15) is 13.2 Å². The molecular formula is C18H21N7O4S. The number of carbonyl (C=O) groups is 1. The van der Waals surface area contributed by atoms with Gasteiger partial charge in [-0.2, -0.15) is 8.82 Å². The van der Waals surface area contributed by atoms with Crippen molar-refractivity contribution in [3.05, 3.63) is 41.7 Å². The number of hydrogen-bond acceptors (Lipinski definition) is 8. The molecule has 11 nitrogen and oxygen atoms in total. The number of carbonyl (C=O) groups excluding carboxylic acids is 1. The van der Waals surface area contributed by atoms with E-state index in [0.29, 0.717) is 30.4 Å². The number of hydrogen-bond donors (Lipinski definition) is 1. The third-order valence-electron chi connectivity index (χ3n) is 5.22. The van der Waals surface area contributed by atoms with E-state index in [1.54, 1.807) is 4.52 Å². The molecule has 0 aliphatic carbocycles. The minimum absolute atomic E-state index is 0.0160. The average Bonchev–Trinajstić information content (AvgIpc) is 3.06. The summed E-state index contributed by atoms with van der Waals surface area (Å²) in [5.74, 6) is 0.859. The van der Waals surface area contributed by atoms with Gasteiger partial charge in [0.2, 0.25) is 10.0 Å². The SMILES string of the molecule is COc1ccc(S(=O)(=O)N(C)C2CN(c3ccc4nnc(C)n4n3)C2)cc1C(N)=O. The average molecular weight is 431 g/mol. The number of anilines is 1. The van der Waals surface area contributed by atoms with Crippen molar-refractivity contribution in [3.8, 4) is 5.75 Å². The number of nitrogens with zero attached hydrogens (tertiary/aromatic N) is 6. The van der Waals surface area contributed by atoms with Gasteiger partial charge in [0.05, 0.1) is 23.6 Å². The number of aryl methyl sites for hydroxylation is 1. The standard InChI is InChI=1S/C18H21N7O4S/c1-11-20-21-16-6-7-17(22-25(11)16)24-9-12(10-24)23(2)30(27,28)13-4-5-15(29-3)14(8-13)18(19)26/h4-8,12H,9-10H2,1-3H3,(H2,19,26). The second-order valence-corrected chi connectivity index (χ2v) is 9.01. The third-order valence-corrected chi connectivity index (χ3v) is 7.12. The largest absolute Gasteiger partial charge is 0.496 e. The highest BCUT2D eigenvalue weighted by Gasteiger charge is 2.37. The van der Waals surface area contributed by atoms with Gasteiger partial charge in [-0.15, -0.1) is 15.3 Å². The molecule has 3 heterocycles. The highest BCUT2D eigenvalue weighted by atomic mass is 32.2. The van der Waals surface area contributed by atoms with Gasteiger partial charge >= 0.3 is 0 Å². The van der Waals surface area contributed by atoms with Crippen molar-refractivity contribution < 1.29 is 17.9 Å². The molecule has 4 rings (SSSR count). The van der Waals surface area contributed by atoms with Gasteiger partial charge in [0.25, 0.3) is 5.91 Å². The first-order valence-electron chi connectivity index (χ1n) is 9.12. The van der Waals surface area contributed by atoms with Crippen molar-refractivity contribution in [2.45, 2.75) is 17.9 Å². The van der Waals surface area contributed by atoms with Crippen LogP contribution in [0.1, 0.15) is 16.2 Å². The minimum Gasteiger partial charge on any atom is -0.496 e. The molecule has 158 valence electrons. The smallest absolute Gasteiger partial charge is 0.252 e. The number of primary amides is 1. The molecule has 1 aromatic carbocycles. The van der Waals surface area contributed by atoms with Crippen molar-refractivity contribution in [2.75, 3.05) is 32.1 Å². The number of benzene rings is 1. The fourth-order valence-corrected chi connectivity index (χ4v) is 4.70. The molecule has 2 aromatic heterocycles. The van der Waals surface area contributed by atoms with Gasteiger partial charge in [-0.05, 0) is 37.3 Å². The van der Waals surface area contributed by atoms with Gasteiger partial charge < -0.3 is 15.4 Å². The zero-order chi connectivity index (χ0) is 21.6. The van der Waals surface area contributed by atoms with E-state index < -0.39 is 15.9 Å². The summed E-state index contributed by atoms with van der Waals surface area (Å²) in [7, 11) is -0.914. The lowest BCUT2D eigenvalue weighted by molar-refractivity contribution is 0.0997. The third kappa shape index (κ3) is 3.23. The normalized spacial score (nSPS) is 14.9. The van der Waals surface area contributed by atoms with E-state index in [2.05, 4.69) is 15.3 Å². The maximum Gasteiger partial charge on any atom is 0.252 e. The van der Waals surface area contributed by atoms with Crippen LogP contribution in [-0.2, 0) is 10.0 Å². The molecule has 1 aliphatic heterocycles. The quantitative estimate of drug-likeness (QED) is 0.578. The van der Waals surface area contributed by atoms with Crippen molar-refractivity contribution in [1.29, 1.82) is 0 Å². The minimum atomic E-state index is -3.82. The predicted octanol–water partition coefficient (Wildman–Crippen LogP) is 0.0495. The Labute approximate surface area is 173 Å². The molecule has 1 fully saturated rings. The highest BCUT2D eigenvalue weighted by Crippen LogP contribution is 2.28. The lowest BCUT2D eigenvalue weighted by Gasteiger charge is -2.43. The summed E-state index contributed by atoms with van der Waals surface area (Å²) in [5, 5.41) is 12.5. The van der Waals surface area contributed by atoms with Gasteiger partial charge in [-0.3, -0.25) is 4.79 Å². The number of likely N-dealkylation sites (N-methyl/N-ethyl adjacent to an activating group) is 1. The highest BCUT2D eigenvalue weighted by molar-refractivity contribution is 7.89. The summed E-state index contributed by atoms with van der Waals surface area (Å²) >= 11 is 0. The lowest BCUT2D eigenvalue weighted by Crippen LogP contribution is -2.60. The Morgan fingerprint density at radius 3 is 2.63 bits per heavy atom. The second-order valence-electron chi connectivity index (χ2n) is 7.02. The Kier molecular flexibility index (Phi) is 4.82. The molecule has 1 amide bonds. The zero-order valence-corrected chi connectivity index (χ0v) is 17.5. The maximum absolute atomic E-state index is 13.0. The number of amides is 1. The van der Waals surface area contributed by atoms with Crippen LogP contribution in [0.5, 0.6) is 5.75 Å². The molecule has 0 atom stereocenters. The molecule has 12 heteroatoms. The summed E-state index contributed by atoms with van der Waals surface area (Å²) in [6.45, 7) is 2.77. The molecule has 30 heavy (non-hydrogen) atoms. The van der Waals surface area contributed by atoms with Crippen LogP contribution in [0.15, 0.2) is 35.2 Å².